The van der Waals surface area contributed by atoms with Crippen molar-refractivity contribution in [3.8, 4) is 0 Å². The first kappa shape index (κ1) is 9.66. The molecule has 0 radical (unpaired) electrons. The van der Waals surface area contributed by atoms with E-state index in [1.165, 1.54) is 5.56 Å². The molecule has 1 saturated heterocycles. The van der Waals surface area contributed by atoms with Crippen molar-refractivity contribution in [1.29, 1.82) is 0 Å². The van der Waals surface area contributed by atoms with E-state index >= 15 is 0 Å². The molecule has 14 heavy (non-hydrogen) atoms. The fraction of sp³-hybridized carbons (Fsp3) is 0.500. The quantitative estimate of drug-likeness (QED) is 0.723. The second-order valence-corrected chi connectivity index (χ2v) is 4.30. The van der Waals surface area contributed by atoms with Gasteiger partial charge < -0.3 is 5.32 Å². The number of piperidine rings is 1. The van der Waals surface area contributed by atoms with E-state index in [-0.39, 0.29) is 0 Å². The third kappa shape index (κ3) is 2.13. The van der Waals surface area contributed by atoms with Crippen LogP contribution >= 0.6 is 0 Å². The topological polar surface area (TPSA) is 12.0 Å². The first-order valence-electron chi connectivity index (χ1n) is 5.15. The van der Waals surface area contributed by atoms with E-state index in [0.29, 0.717) is 19.0 Å². The molecule has 1 heterocycles. The minimum atomic E-state index is -1.02. The predicted molar refractivity (Wildman–Crippen MR) is 55.9 cm³/mol. The van der Waals surface area contributed by atoms with Gasteiger partial charge in [0.05, 0.1) is 0 Å². The average Bonchev–Trinajstić information content (AvgIpc) is 2.19. The summed E-state index contributed by atoms with van der Waals surface area (Å²) in [5, 5.41) is 3.25. The largest absolute Gasteiger partial charge is 0.307 e. The minimum Gasteiger partial charge on any atom is -0.307 e. The van der Waals surface area contributed by atoms with E-state index < -0.39 is 5.67 Å². The molecule has 1 aromatic carbocycles. The molecule has 0 aromatic heterocycles. The Kier molecular flexibility index (Phi) is 2.55. The molecule has 1 N–H and O–H groups in total. The Morgan fingerprint density at radius 1 is 1.36 bits per heavy atom. The zero-order chi connectivity index (χ0) is 10.0. The zero-order valence-corrected chi connectivity index (χ0v) is 8.46. The molecule has 1 fully saturated rings. The Labute approximate surface area is 84.3 Å². The van der Waals surface area contributed by atoms with Gasteiger partial charge in [-0.25, -0.2) is 4.39 Å². The molecule has 0 amide bonds. The van der Waals surface area contributed by atoms with Gasteiger partial charge in [0.15, 0.2) is 0 Å². The molecular weight excluding hydrogens is 177 g/mol. The van der Waals surface area contributed by atoms with Gasteiger partial charge in [-0.3, -0.25) is 0 Å². The van der Waals surface area contributed by atoms with E-state index in [1.54, 1.807) is 6.92 Å². The SMILES string of the molecule is CC1(F)CCC(c2ccccc2)NC1. The fourth-order valence-electron chi connectivity index (χ4n) is 1.94. The second kappa shape index (κ2) is 3.70. The van der Waals surface area contributed by atoms with Crippen LogP contribution in [0, 0.1) is 0 Å². The number of halogens is 1. The summed E-state index contributed by atoms with van der Waals surface area (Å²) >= 11 is 0. The van der Waals surface area contributed by atoms with Gasteiger partial charge in [0.2, 0.25) is 0 Å². The number of hydrogen-bond donors (Lipinski definition) is 1. The molecule has 1 aromatic rings. The average molecular weight is 193 g/mol. The van der Waals surface area contributed by atoms with Crippen molar-refractivity contribution in [2.24, 2.45) is 0 Å². The van der Waals surface area contributed by atoms with Crippen molar-refractivity contribution < 1.29 is 4.39 Å². The number of alkyl halides is 1. The van der Waals surface area contributed by atoms with E-state index in [9.17, 15) is 4.39 Å². The molecule has 0 spiro atoms. The van der Waals surface area contributed by atoms with E-state index in [0.717, 1.165) is 6.42 Å². The molecule has 2 rings (SSSR count). The van der Waals surface area contributed by atoms with Gasteiger partial charge in [-0.15, -0.1) is 0 Å². The lowest BCUT2D eigenvalue weighted by atomic mass is 9.90. The lowest BCUT2D eigenvalue weighted by molar-refractivity contribution is 0.125. The van der Waals surface area contributed by atoms with Crippen LogP contribution < -0.4 is 5.32 Å². The maximum atomic E-state index is 13.5. The number of benzene rings is 1. The maximum absolute atomic E-state index is 13.5. The van der Waals surface area contributed by atoms with Crippen molar-refractivity contribution in [3.63, 3.8) is 0 Å². The molecule has 0 aliphatic carbocycles. The van der Waals surface area contributed by atoms with Crippen LogP contribution in [0.3, 0.4) is 0 Å². The van der Waals surface area contributed by atoms with Crippen molar-refractivity contribution in [1.82, 2.24) is 5.32 Å². The maximum Gasteiger partial charge on any atom is 0.120 e. The molecule has 0 bridgehead atoms. The number of nitrogens with one attached hydrogen (secondary N) is 1. The molecule has 1 aliphatic rings. The van der Waals surface area contributed by atoms with E-state index in [2.05, 4.69) is 17.4 Å². The zero-order valence-electron chi connectivity index (χ0n) is 8.46. The summed E-state index contributed by atoms with van der Waals surface area (Å²) in [4.78, 5) is 0. The normalized spacial score (nSPS) is 32.9. The summed E-state index contributed by atoms with van der Waals surface area (Å²) in [5.41, 5.74) is 0.244. The molecule has 2 unspecified atom stereocenters. The van der Waals surface area contributed by atoms with Crippen molar-refractivity contribution in [3.05, 3.63) is 35.9 Å². The van der Waals surface area contributed by atoms with Crippen LogP contribution in [0.1, 0.15) is 31.4 Å². The van der Waals surface area contributed by atoms with E-state index in [1.807, 2.05) is 18.2 Å². The van der Waals surface area contributed by atoms with Gasteiger partial charge in [-0.2, -0.15) is 0 Å². The Balaban J connectivity index is 2.03. The second-order valence-electron chi connectivity index (χ2n) is 4.30. The van der Waals surface area contributed by atoms with Gasteiger partial charge in [0.1, 0.15) is 5.67 Å². The molecule has 1 aliphatic heterocycles. The summed E-state index contributed by atoms with van der Waals surface area (Å²) in [5.74, 6) is 0. The van der Waals surface area contributed by atoms with Crippen LogP contribution in [-0.2, 0) is 0 Å². The van der Waals surface area contributed by atoms with E-state index in [4.69, 9.17) is 0 Å². The molecule has 1 nitrogen and oxygen atoms in total. The molecular formula is C12H16FN. The summed E-state index contributed by atoms with van der Waals surface area (Å²) in [6, 6.07) is 10.6. The van der Waals surface area contributed by atoms with Gasteiger partial charge in [0.25, 0.3) is 0 Å². The lowest BCUT2D eigenvalue weighted by Crippen LogP contribution is -2.41. The standard InChI is InChI=1S/C12H16FN/c1-12(13)8-7-11(14-9-12)10-5-3-2-4-6-10/h2-6,11,14H,7-9H2,1H3. The predicted octanol–water partition coefficient (Wildman–Crippen LogP) is 2.84. The third-order valence-electron chi connectivity index (χ3n) is 2.87. The van der Waals surface area contributed by atoms with Gasteiger partial charge >= 0.3 is 0 Å². The monoisotopic (exact) mass is 193 g/mol. The van der Waals surface area contributed by atoms with Crippen molar-refractivity contribution in [2.45, 2.75) is 31.5 Å². The number of hydrogen-bond acceptors (Lipinski definition) is 1. The van der Waals surface area contributed by atoms with Gasteiger partial charge in [-0.1, -0.05) is 30.3 Å². The van der Waals surface area contributed by atoms with Crippen molar-refractivity contribution >= 4 is 0 Å². The molecule has 2 atom stereocenters. The summed E-state index contributed by atoms with van der Waals surface area (Å²) < 4.78 is 13.5. The highest BCUT2D eigenvalue weighted by atomic mass is 19.1. The minimum absolute atomic E-state index is 0.333. The summed E-state index contributed by atoms with van der Waals surface area (Å²) in [6.07, 6.45) is 1.54. The van der Waals surface area contributed by atoms with Crippen LogP contribution in [0.4, 0.5) is 4.39 Å². The summed E-state index contributed by atoms with van der Waals surface area (Å²) in [6.45, 7) is 2.13. The van der Waals surface area contributed by atoms with Gasteiger partial charge in [-0.05, 0) is 25.3 Å². The Morgan fingerprint density at radius 3 is 2.64 bits per heavy atom. The van der Waals surface area contributed by atoms with Crippen LogP contribution in [-0.4, -0.2) is 12.2 Å². The highest BCUT2D eigenvalue weighted by molar-refractivity contribution is 5.19. The third-order valence-corrected chi connectivity index (χ3v) is 2.87. The molecule has 2 heteroatoms. The molecule has 76 valence electrons. The Morgan fingerprint density at radius 2 is 2.07 bits per heavy atom. The smallest absolute Gasteiger partial charge is 0.120 e. The van der Waals surface area contributed by atoms with Crippen molar-refractivity contribution in [2.75, 3.05) is 6.54 Å². The first-order valence-corrected chi connectivity index (χ1v) is 5.15. The van der Waals surface area contributed by atoms with Crippen LogP contribution in [0.25, 0.3) is 0 Å². The highest BCUT2D eigenvalue weighted by Crippen LogP contribution is 2.29. The number of rotatable bonds is 1. The highest BCUT2D eigenvalue weighted by Gasteiger charge is 2.30. The van der Waals surface area contributed by atoms with Crippen LogP contribution in [0.15, 0.2) is 30.3 Å². The van der Waals surface area contributed by atoms with Crippen LogP contribution in [0.5, 0.6) is 0 Å². The summed E-state index contributed by atoms with van der Waals surface area (Å²) in [7, 11) is 0. The lowest BCUT2D eigenvalue weighted by Gasteiger charge is -2.32. The molecule has 0 saturated carbocycles. The Bertz CT molecular complexity index is 284. The Hall–Kier alpha value is -0.890. The van der Waals surface area contributed by atoms with Crippen LogP contribution in [0.2, 0.25) is 0 Å². The fourth-order valence-corrected chi connectivity index (χ4v) is 1.94. The first-order chi connectivity index (χ1) is 6.67. The van der Waals surface area contributed by atoms with Gasteiger partial charge in [0, 0.05) is 12.6 Å².